The zero-order valence-electron chi connectivity index (χ0n) is 19.0. The van der Waals surface area contributed by atoms with E-state index < -0.39 is 0 Å². The van der Waals surface area contributed by atoms with Crippen LogP contribution in [0.4, 0.5) is 0 Å². The third-order valence-electron chi connectivity index (χ3n) is 5.11. The van der Waals surface area contributed by atoms with E-state index in [1.165, 1.54) is 51.9 Å². The maximum atomic E-state index is 2.63. The molecule has 0 radical (unpaired) electrons. The van der Waals surface area contributed by atoms with E-state index in [0.29, 0.717) is 0 Å². The van der Waals surface area contributed by atoms with Crippen LogP contribution in [0, 0.1) is 0 Å². The van der Waals surface area contributed by atoms with Crippen LogP contribution in [0.1, 0.15) is 64.5 Å². The summed E-state index contributed by atoms with van der Waals surface area (Å²) in [5, 5.41) is 0. The second-order valence-electron chi connectivity index (χ2n) is 7.87. The van der Waals surface area contributed by atoms with Gasteiger partial charge in [-0.2, -0.15) is 0 Å². The van der Waals surface area contributed by atoms with Gasteiger partial charge in [0.1, 0.15) is 0 Å². The van der Waals surface area contributed by atoms with Crippen molar-refractivity contribution >= 4 is 28.1 Å². The Morgan fingerprint density at radius 1 is 0.552 bits per heavy atom. The molecule has 0 bridgehead atoms. The van der Waals surface area contributed by atoms with Gasteiger partial charge in [-0.15, -0.1) is 0 Å². The van der Waals surface area contributed by atoms with Crippen molar-refractivity contribution in [2.45, 2.75) is 66.5 Å². The zero-order chi connectivity index (χ0) is 20.9. The molecule has 0 heterocycles. The van der Waals surface area contributed by atoms with Crippen LogP contribution >= 0.6 is 0 Å². The van der Waals surface area contributed by atoms with Gasteiger partial charge in [0.05, 0.1) is 0 Å². The first-order valence-corrected chi connectivity index (χ1v) is 13.8. The predicted molar refractivity (Wildman–Crippen MR) is 130 cm³/mol. The first-order valence-electron chi connectivity index (χ1n) is 11.5. The van der Waals surface area contributed by atoms with E-state index in [0.717, 1.165) is 13.1 Å². The van der Waals surface area contributed by atoms with Crippen LogP contribution in [0.15, 0.2) is 48.5 Å². The Labute approximate surface area is 189 Å². The van der Waals surface area contributed by atoms with E-state index in [2.05, 4.69) is 86.0 Å². The summed E-state index contributed by atoms with van der Waals surface area (Å²) >= 11 is -0.390. The van der Waals surface area contributed by atoms with Crippen LogP contribution in [0.5, 0.6) is 0 Å². The van der Waals surface area contributed by atoms with Crippen molar-refractivity contribution in [3.8, 4) is 0 Å². The minimum absolute atomic E-state index is 0.390. The second kappa shape index (κ2) is 14.2. The van der Waals surface area contributed by atoms with E-state index in [-0.39, 0.29) is 20.9 Å². The van der Waals surface area contributed by atoms with Gasteiger partial charge in [-0.3, -0.25) is 0 Å². The van der Waals surface area contributed by atoms with Gasteiger partial charge in [-0.1, -0.05) is 0 Å². The summed E-state index contributed by atoms with van der Waals surface area (Å²) in [7, 11) is 0. The fourth-order valence-electron chi connectivity index (χ4n) is 3.87. The number of hydrogen-bond donors (Lipinski definition) is 0. The van der Waals surface area contributed by atoms with E-state index in [1.54, 1.807) is 18.3 Å². The van der Waals surface area contributed by atoms with E-state index in [9.17, 15) is 0 Å². The van der Waals surface area contributed by atoms with Crippen LogP contribution in [0.2, 0.25) is 0 Å². The van der Waals surface area contributed by atoms with Crippen LogP contribution < -0.4 is 7.22 Å². The molecular formula is C26H40N2Te. The molecule has 0 amide bonds. The molecule has 0 saturated heterocycles. The molecule has 2 rings (SSSR count). The molecule has 160 valence electrons. The second-order valence-corrected chi connectivity index (χ2v) is 11.0. The summed E-state index contributed by atoms with van der Waals surface area (Å²) < 4.78 is 3.22. The molecule has 3 heteroatoms. The molecule has 2 aromatic rings. The average molecular weight is 508 g/mol. The first-order chi connectivity index (χ1) is 14.2. The summed E-state index contributed by atoms with van der Waals surface area (Å²) in [6, 6.07) is 18.4. The van der Waals surface area contributed by atoms with Gasteiger partial charge in [0.25, 0.3) is 0 Å². The van der Waals surface area contributed by atoms with Gasteiger partial charge < -0.3 is 0 Å². The van der Waals surface area contributed by atoms with E-state index in [1.807, 2.05) is 0 Å². The Morgan fingerprint density at radius 2 is 0.897 bits per heavy atom. The zero-order valence-corrected chi connectivity index (χ0v) is 21.3. The van der Waals surface area contributed by atoms with Crippen molar-refractivity contribution in [2.75, 3.05) is 26.2 Å². The van der Waals surface area contributed by atoms with Crippen molar-refractivity contribution in [1.82, 2.24) is 9.80 Å². The van der Waals surface area contributed by atoms with Gasteiger partial charge in [-0.05, 0) is 0 Å². The minimum atomic E-state index is -0.390. The van der Waals surface area contributed by atoms with Crippen LogP contribution in [0.25, 0.3) is 0 Å². The van der Waals surface area contributed by atoms with Crippen LogP contribution in [-0.4, -0.2) is 56.9 Å². The van der Waals surface area contributed by atoms with Crippen molar-refractivity contribution in [2.24, 2.45) is 0 Å². The Hall–Kier alpha value is -0.850. The van der Waals surface area contributed by atoms with Crippen molar-refractivity contribution in [3.63, 3.8) is 0 Å². The quantitative estimate of drug-likeness (QED) is 0.345. The first kappa shape index (κ1) is 24.4. The molecular weight excluding hydrogens is 468 g/mol. The summed E-state index contributed by atoms with van der Waals surface area (Å²) in [4.78, 5) is 5.25. The third kappa shape index (κ3) is 8.42. The Balaban J connectivity index is 2.20. The molecule has 0 saturated carbocycles. The Bertz CT molecular complexity index is 629. The fourth-order valence-corrected chi connectivity index (χ4v) is 6.89. The summed E-state index contributed by atoms with van der Waals surface area (Å²) in [5.74, 6) is 0. The van der Waals surface area contributed by atoms with Gasteiger partial charge in [-0.25, -0.2) is 0 Å². The molecule has 2 nitrogen and oxygen atoms in total. The van der Waals surface area contributed by atoms with Crippen molar-refractivity contribution in [3.05, 3.63) is 59.7 Å². The number of benzene rings is 2. The predicted octanol–water partition coefficient (Wildman–Crippen LogP) is 4.59. The molecule has 0 aromatic heterocycles. The molecule has 0 spiro atoms. The van der Waals surface area contributed by atoms with Crippen molar-refractivity contribution < 1.29 is 0 Å². The molecule has 0 aliphatic heterocycles. The summed E-state index contributed by atoms with van der Waals surface area (Å²) in [6.07, 6.45) is 4.91. The van der Waals surface area contributed by atoms with Gasteiger partial charge in [0.15, 0.2) is 0 Å². The average Bonchev–Trinajstić information content (AvgIpc) is 2.71. The van der Waals surface area contributed by atoms with E-state index >= 15 is 0 Å². The van der Waals surface area contributed by atoms with Gasteiger partial charge >= 0.3 is 190 Å². The normalized spacial score (nSPS) is 11.5. The molecule has 2 aromatic carbocycles. The third-order valence-corrected chi connectivity index (χ3v) is 8.64. The Morgan fingerprint density at radius 3 is 1.24 bits per heavy atom. The molecule has 0 N–H and O–H groups in total. The number of hydrogen-bond acceptors (Lipinski definition) is 2. The number of nitrogens with zero attached hydrogens (tertiary/aromatic N) is 2. The van der Waals surface area contributed by atoms with E-state index in [4.69, 9.17) is 0 Å². The Kier molecular flexibility index (Phi) is 12.0. The fraction of sp³-hybridized carbons (Fsp3) is 0.538. The molecule has 0 aliphatic carbocycles. The molecule has 0 aliphatic rings. The molecule has 29 heavy (non-hydrogen) atoms. The monoisotopic (exact) mass is 510 g/mol. The standard InChI is InChI=1S/C26H40N2Te/c1-5-17-27(18-6-2)21-23-13-9-11-15-25(23)29-26-16-12-10-14-24(26)22-28(19-7-3)20-8-4/h9-16H,5-8,17-22H2,1-4H3. The maximum absolute atomic E-state index is 2.63. The van der Waals surface area contributed by atoms with Gasteiger partial charge in [0.2, 0.25) is 0 Å². The summed E-state index contributed by atoms with van der Waals surface area (Å²) in [6.45, 7) is 16.1. The SMILES string of the molecule is CCCN(CCC)Cc1ccccc1[Te]c1ccccc1CN(CCC)CCC. The van der Waals surface area contributed by atoms with Crippen molar-refractivity contribution in [1.29, 1.82) is 0 Å². The van der Waals surface area contributed by atoms with Crippen LogP contribution in [-0.2, 0) is 13.1 Å². The van der Waals surface area contributed by atoms with Crippen LogP contribution in [0.3, 0.4) is 0 Å². The molecule has 0 fully saturated rings. The van der Waals surface area contributed by atoms with Gasteiger partial charge in [0, 0.05) is 0 Å². The molecule has 0 atom stereocenters. The number of rotatable bonds is 14. The summed E-state index contributed by atoms with van der Waals surface area (Å²) in [5.41, 5.74) is 3.09. The molecule has 0 unspecified atom stereocenters. The topological polar surface area (TPSA) is 6.48 Å².